The summed E-state index contributed by atoms with van der Waals surface area (Å²) in [6.07, 6.45) is 6.89. The number of nitrogens with one attached hydrogen (secondary N) is 1. The molecule has 1 aliphatic rings. The first-order chi connectivity index (χ1) is 11.3. The van der Waals surface area contributed by atoms with E-state index in [4.69, 9.17) is 10.4 Å². The lowest BCUT2D eigenvalue weighted by Gasteiger charge is -2.15. The van der Waals surface area contributed by atoms with Crippen LogP contribution in [-0.2, 0) is 21.3 Å². The Kier molecular flexibility index (Phi) is 7.60. The molecule has 0 saturated heterocycles. The molecular weight excluding hydrogens is 330 g/mol. The Bertz CT molecular complexity index is 719. The van der Waals surface area contributed by atoms with Crippen LogP contribution < -0.4 is 11.2 Å². The SMILES string of the molecule is CCC1CCc2ccccc2C=C1C(=O)NC=NN.CS(=O)(=O)O. The molecule has 7 nitrogen and oxygen atoms in total. The maximum absolute atomic E-state index is 12.2. The summed E-state index contributed by atoms with van der Waals surface area (Å²) in [6.45, 7) is 2.11. The number of amides is 1. The molecule has 1 aromatic carbocycles. The highest BCUT2D eigenvalue weighted by Gasteiger charge is 2.22. The van der Waals surface area contributed by atoms with Crippen molar-refractivity contribution in [2.45, 2.75) is 26.2 Å². The van der Waals surface area contributed by atoms with Gasteiger partial charge in [-0.3, -0.25) is 9.35 Å². The molecule has 0 spiro atoms. The molecule has 0 aromatic heterocycles. The van der Waals surface area contributed by atoms with Gasteiger partial charge in [0.25, 0.3) is 16.0 Å². The van der Waals surface area contributed by atoms with Crippen molar-refractivity contribution in [2.24, 2.45) is 16.9 Å². The van der Waals surface area contributed by atoms with E-state index in [9.17, 15) is 13.2 Å². The molecule has 2 rings (SSSR count). The maximum Gasteiger partial charge on any atom is 0.261 e. The molecule has 132 valence electrons. The number of hydrogen-bond acceptors (Lipinski definition) is 5. The molecule has 0 saturated carbocycles. The summed E-state index contributed by atoms with van der Waals surface area (Å²) in [6, 6.07) is 8.22. The van der Waals surface area contributed by atoms with Crippen LogP contribution in [0.3, 0.4) is 0 Å². The Hall–Kier alpha value is -2.19. The molecule has 1 atom stereocenters. The van der Waals surface area contributed by atoms with Crippen molar-refractivity contribution in [3.8, 4) is 0 Å². The molecular formula is C16H23N3O4S. The number of carbonyl (C=O) groups excluding carboxylic acids is 1. The summed E-state index contributed by atoms with van der Waals surface area (Å²) >= 11 is 0. The lowest BCUT2D eigenvalue weighted by molar-refractivity contribution is -0.116. The molecule has 0 aliphatic heterocycles. The van der Waals surface area contributed by atoms with E-state index in [1.807, 2.05) is 18.2 Å². The van der Waals surface area contributed by atoms with Crippen LogP contribution in [0.15, 0.2) is 34.9 Å². The average molecular weight is 353 g/mol. The van der Waals surface area contributed by atoms with E-state index in [1.54, 1.807) is 0 Å². The standard InChI is InChI=1S/C15H19N3O.CH4O3S/c1-2-11-7-8-12-5-3-4-6-13(12)9-14(11)15(19)17-10-18-16;1-5(2,3)4/h3-6,9-11H,2,7-8,16H2,1H3,(H,17,18,19);1H3,(H,2,3,4). The minimum Gasteiger partial charge on any atom is -0.322 e. The van der Waals surface area contributed by atoms with Crippen molar-refractivity contribution in [1.29, 1.82) is 0 Å². The highest BCUT2D eigenvalue weighted by Crippen LogP contribution is 2.29. The smallest absolute Gasteiger partial charge is 0.261 e. The van der Waals surface area contributed by atoms with Crippen LogP contribution in [-0.4, -0.2) is 31.5 Å². The predicted molar refractivity (Wildman–Crippen MR) is 94.8 cm³/mol. The van der Waals surface area contributed by atoms with E-state index in [1.165, 1.54) is 11.9 Å². The summed E-state index contributed by atoms with van der Waals surface area (Å²) in [5.74, 6) is 5.18. The third-order valence-corrected chi connectivity index (χ3v) is 3.59. The number of carbonyl (C=O) groups is 1. The van der Waals surface area contributed by atoms with Crippen molar-refractivity contribution in [3.05, 3.63) is 41.0 Å². The number of hydrazone groups is 1. The van der Waals surface area contributed by atoms with E-state index >= 15 is 0 Å². The van der Waals surface area contributed by atoms with Crippen molar-refractivity contribution in [2.75, 3.05) is 6.26 Å². The van der Waals surface area contributed by atoms with Crippen molar-refractivity contribution in [1.82, 2.24) is 5.32 Å². The minimum absolute atomic E-state index is 0.113. The van der Waals surface area contributed by atoms with Crippen LogP contribution in [0, 0.1) is 5.92 Å². The van der Waals surface area contributed by atoms with Gasteiger partial charge in [-0.05, 0) is 42.4 Å². The predicted octanol–water partition coefficient (Wildman–Crippen LogP) is 1.56. The van der Waals surface area contributed by atoms with E-state index in [0.717, 1.165) is 30.4 Å². The van der Waals surface area contributed by atoms with Gasteiger partial charge in [-0.2, -0.15) is 13.5 Å². The third kappa shape index (κ3) is 6.93. The number of aryl methyl sites for hydroxylation is 1. The van der Waals surface area contributed by atoms with Crippen LogP contribution in [0.2, 0.25) is 0 Å². The van der Waals surface area contributed by atoms with Gasteiger partial charge in [0.15, 0.2) is 0 Å². The first kappa shape index (κ1) is 19.9. The van der Waals surface area contributed by atoms with E-state index in [-0.39, 0.29) is 11.8 Å². The summed E-state index contributed by atoms with van der Waals surface area (Å²) in [5, 5.41) is 5.91. The maximum atomic E-state index is 12.2. The number of hydrogen-bond donors (Lipinski definition) is 3. The molecule has 1 aliphatic carbocycles. The van der Waals surface area contributed by atoms with Gasteiger partial charge in [0, 0.05) is 5.57 Å². The van der Waals surface area contributed by atoms with E-state index in [2.05, 4.69) is 29.5 Å². The topological polar surface area (TPSA) is 122 Å². The van der Waals surface area contributed by atoms with Gasteiger partial charge in [-0.1, -0.05) is 31.2 Å². The Morgan fingerprint density at radius 1 is 1.46 bits per heavy atom. The van der Waals surface area contributed by atoms with Gasteiger partial charge in [-0.15, -0.1) is 0 Å². The number of fused-ring (bicyclic) bond motifs is 1. The summed E-state index contributed by atoms with van der Waals surface area (Å²) in [4.78, 5) is 12.2. The van der Waals surface area contributed by atoms with Gasteiger partial charge in [0.05, 0.1) is 6.26 Å². The quantitative estimate of drug-likeness (QED) is 0.250. The summed E-state index contributed by atoms with van der Waals surface area (Å²) < 4.78 is 25.9. The molecule has 0 bridgehead atoms. The van der Waals surface area contributed by atoms with Gasteiger partial charge in [0.1, 0.15) is 6.34 Å². The Morgan fingerprint density at radius 3 is 2.67 bits per heavy atom. The Balaban J connectivity index is 0.000000505. The van der Waals surface area contributed by atoms with E-state index < -0.39 is 10.1 Å². The third-order valence-electron chi connectivity index (χ3n) is 3.59. The minimum atomic E-state index is -3.67. The molecule has 1 unspecified atom stereocenters. The molecule has 0 radical (unpaired) electrons. The first-order valence-corrected chi connectivity index (χ1v) is 9.35. The molecule has 0 heterocycles. The van der Waals surface area contributed by atoms with Crippen LogP contribution in [0.1, 0.15) is 30.9 Å². The average Bonchev–Trinajstić information content (AvgIpc) is 2.70. The second-order valence-electron chi connectivity index (χ2n) is 5.43. The van der Waals surface area contributed by atoms with Crippen molar-refractivity contribution >= 4 is 28.4 Å². The Morgan fingerprint density at radius 2 is 2.08 bits per heavy atom. The van der Waals surface area contributed by atoms with E-state index in [0.29, 0.717) is 6.26 Å². The number of nitrogens with zero attached hydrogens (tertiary/aromatic N) is 1. The van der Waals surface area contributed by atoms with Gasteiger partial charge >= 0.3 is 0 Å². The number of rotatable bonds is 3. The normalized spacial score (nSPS) is 17.1. The van der Waals surface area contributed by atoms with Crippen molar-refractivity contribution in [3.63, 3.8) is 0 Å². The van der Waals surface area contributed by atoms with Gasteiger partial charge in [0.2, 0.25) is 0 Å². The van der Waals surface area contributed by atoms with Crippen molar-refractivity contribution < 1.29 is 17.8 Å². The van der Waals surface area contributed by atoms with Gasteiger partial charge in [-0.25, -0.2) is 0 Å². The largest absolute Gasteiger partial charge is 0.322 e. The highest BCUT2D eigenvalue weighted by atomic mass is 32.2. The van der Waals surface area contributed by atoms with Gasteiger partial charge < -0.3 is 11.2 Å². The zero-order valence-corrected chi connectivity index (χ0v) is 14.6. The summed E-state index contributed by atoms with van der Waals surface area (Å²) in [7, 11) is -3.67. The fourth-order valence-corrected chi connectivity index (χ4v) is 2.53. The lowest BCUT2D eigenvalue weighted by atomic mass is 9.92. The number of nitrogens with two attached hydrogens (primary N) is 1. The second kappa shape index (κ2) is 9.19. The molecule has 4 N–H and O–H groups in total. The van der Waals surface area contributed by atoms with Crippen LogP contribution in [0.4, 0.5) is 0 Å². The zero-order chi connectivity index (χ0) is 18.2. The highest BCUT2D eigenvalue weighted by molar-refractivity contribution is 7.85. The van der Waals surface area contributed by atoms with Crippen LogP contribution in [0.5, 0.6) is 0 Å². The fourth-order valence-electron chi connectivity index (χ4n) is 2.53. The molecule has 0 fully saturated rings. The molecule has 1 aromatic rings. The number of benzene rings is 1. The Labute approximate surface area is 142 Å². The monoisotopic (exact) mass is 353 g/mol. The summed E-state index contributed by atoms with van der Waals surface area (Å²) in [5.41, 5.74) is 3.25. The molecule has 24 heavy (non-hydrogen) atoms. The lowest BCUT2D eigenvalue weighted by Crippen LogP contribution is -2.27. The van der Waals surface area contributed by atoms with Crippen LogP contribution >= 0.6 is 0 Å². The van der Waals surface area contributed by atoms with Crippen LogP contribution in [0.25, 0.3) is 6.08 Å². The molecule has 8 heteroatoms. The molecule has 1 amide bonds. The fraction of sp³-hybridized carbons (Fsp3) is 0.375. The second-order valence-corrected chi connectivity index (χ2v) is 6.89. The zero-order valence-electron chi connectivity index (χ0n) is 13.8. The first-order valence-electron chi connectivity index (χ1n) is 7.50.